The number of carbonyl (C=O) groups excluding carboxylic acids is 2. The van der Waals surface area contributed by atoms with Crippen LogP contribution in [-0.2, 0) is 4.79 Å². The summed E-state index contributed by atoms with van der Waals surface area (Å²) < 4.78 is 10.8. The van der Waals surface area contributed by atoms with E-state index in [1.807, 2.05) is 6.92 Å². The summed E-state index contributed by atoms with van der Waals surface area (Å²) in [5.74, 6) is 0.548. The Hall–Kier alpha value is -1.66. The molecule has 1 heterocycles. The van der Waals surface area contributed by atoms with Crippen molar-refractivity contribution in [2.75, 3.05) is 13.7 Å². The molecule has 1 aliphatic heterocycles. The van der Waals surface area contributed by atoms with Gasteiger partial charge in [0.25, 0.3) is 11.1 Å². The number of imide groups is 1. The van der Waals surface area contributed by atoms with Crippen LogP contribution in [0.15, 0.2) is 17.0 Å². The Kier molecular flexibility index (Phi) is 5.14. The summed E-state index contributed by atoms with van der Waals surface area (Å²) in [6.07, 6.45) is 2.44. The van der Waals surface area contributed by atoms with Crippen LogP contribution in [-0.4, -0.2) is 24.9 Å². The van der Waals surface area contributed by atoms with Gasteiger partial charge in [0.1, 0.15) is 0 Å². The Bertz CT molecular complexity index is 615. The van der Waals surface area contributed by atoms with Gasteiger partial charge in [-0.3, -0.25) is 14.9 Å². The Morgan fingerprint density at radius 2 is 2.14 bits per heavy atom. The van der Waals surface area contributed by atoms with Crippen LogP contribution in [0.4, 0.5) is 4.79 Å². The van der Waals surface area contributed by atoms with E-state index in [0.29, 0.717) is 33.6 Å². The predicted molar refractivity (Wildman–Crippen MR) is 82.9 cm³/mol. The molecule has 1 saturated heterocycles. The fraction of sp³-hybridized carbons (Fsp3) is 0.286. The molecular formula is C14H14ClNO4S. The lowest BCUT2D eigenvalue weighted by Gasteiger charge is -2.12. The molecule has 0 radical (unpaired) electrons. The largest absolute Gasteiger partial charge is 0.493 e. The van der Waals surface area contributed by atoms with E-state index < -0.39 is 5.91 Å². The molecule has 0 atom stereocenters. The first kappa shape index (κ1) is 15.7. The van der Waals surface area contributed by atoms with Gasteiger partial charge >= 0.3 is 0 Å². The van der Waals surface area contributed by atoms with Gasteiger partial charge in [0, 0.05) is 0 Å². The third-order valence-corrected chi connectivity index (χ3v) is 3.73. The Morgan fingerprint density at radius 3 is 2.71 bits per heavy atom. The van der Waals surface area contributed by atoms with Crippen molar-refractivity contribution in [2.45, 2.75) is 13.3 Å². The van der Waals surface area contributed by atoms with Crippen LogP contribution in [0.3, 0.4) is 0 Å². The van der Waals surface area contributed by atoms with E-state index in [4.69, 9.17) is 21.1 Å². The number of thioether (sulfide) groups is 1. The van der Waals surface area contributed by atoms with Gasteiger partial charge in [-0.05, 0) is 42.0 Å². The normalized spacial score (nSPS) is 16.2. The second-order valence-electron chi connectivity index (χ2n) is 4.23. The molecule has 7 heteroatoms. The molecule has 2 amide bonds. The number of amides is 2. The van der Waals surface area contributed by atoms with Crippen molar-refractivity contribution in [2.24, 2.45) is 0 Å². The van der Waals surface area contributed by atoms with Crippen molar-refractivity contribution >= 4 is 40.6 Å². The first-order valence-electron chi connectivity index (χ1n) is 6.30. The first-order valence-corrected chi connectivity index (χ1v) is 7.49. The Labute approximate surface area is 131 Å². The maximum absolute atomic E-state index is 11.5. The van der Waals surface area contributed by atoms with E-state index in [0.717, 1.165) is 18.2 Å². The third kappa shape index (κ3) is 3.71. The number of nitrogens with one attached hydrogen (secondary N) is 1. The lowest BCUT2D eigenvalue weighted by molar-refractivity contribution is -0.115. The smallest absolute Gasteiger partial charge is 0.290 e. The van der Waals surface area contributed by atoms with Crippen LogP contribution in [0.5, 0.6) is 11.5 Å². The van der Waals surface area contributed by atoms with Crippen LogP contribution in [0, 0.1) is 0 Å². The molecule has 0 bridgehead atoms. The summed E-state index contributed by atoms with van der Waals surface area (Å²) in [4.78, 5) is 23.0. The number of rotatable bonds is 5. The maximum atomic E-state index is 11.5. The third-order valence-electron chi connectivity index (χ3n) is 2.64. The average Bonchev–Trinajstić information content (AvgIpc) is 2.75. The molecule has 1 aliphatic rings. The number of halogens is 1. The van der Waals surface area contributed by atoms with Gasteiger partial charge in [-0.2, -0.15) is 0 Å². The second kappa shape index (κ2) is 6.87. The zero-order valence-electron chi connectivity index (χ0n) is 11.6. The number of benzene rings is 1. The molecule has 112 valence electrons. The highest BCUT2D eigenvalue weighted by molar-refractivity contribution is 8.18. The first-order chi connectivity index (χ1) is 10.0. The summed E-state index contributed by atoms with van der Waals surface area (Å²) in [5.41, 5.74) is 0.660. The van der Waals surface area contributed by atoms with Crippen LogP contribution < -0.4 is 14.8 Å². The molecule has 0 unspecified atom stereocenters. The van der Waals surface area contributed by atoms with Gasteiger partial charge in [0.2, 0.25) is 0 Å². The fourth-order valence-electron chi connectivity index (χ4n) is 1.74. The molecule has 2 rings (SSSR count). The Balaban J connectivity index is 2.34. The highest BCUT2D eigenvalue weighted by Gasteiger charge is 2.25. The molecule has 1 aromatic carbocycles. The molecular weight excluding hydrogens is 314 g/mol. The van der Waals surface area contributed by atoms with Crippen molar-refractivity contribution in [3.05, 3.63) is 27.6 Å². The van der Waals surface area contributed by atoms with Crippen molar-refractivity contribution in [1.82, 2.24) is 5.32 Å². The minimum Gasteiger partial charge on any atom is -0.493 e. The minimum absolute atomic E-state index is 0.320. The number of methoxy groups -OCH3 is 1. The van der Waals surface area contributed by atoms with Crippen molar-refractivity contribution in [3.63, 3.8) is 0 Å². The quantitative estimate of drug-likeness (QED) is 0.839. The van der Waals surface area contributed by atoms with E-state index >= 15 is 0 Å². The Morgan fingerprint density at radius 1 is 1.38 bits per heavy atom. The fourth-order valence-corrected chi connectivity index (χ4v) is 2.70. The molecule has 1 N–H and O–H groups in total. The second-order valence-corrected chi connectivity index (χ2v) is 5.66. The van der Waals surface area contributed by atoms with E-state index in [-0.39, 0.29) is 5.24 Å². The van der Waals surface area contributed by atoms with Gasteiger partial charge in [-0.25, -0.2) is 0 Å². The van der Waals surface area contributed by atoms with Gasteiger partial charge in [0.05, 0.1) is 23.6 Å². The molecule has 0 saturated carbocycles. The summed E-state index contributed by atoms with van der Waals surface area (Å²) in [7, 11) is 1.52. The lowest BCUT2D eigenvalue weighted by atomic mass is 10.2. The summed E-state index contributed by atoms with van der Waals surface area (Å²) >= 11 is 7.04. The monoisotopic (exact) mass is 327 g/mol. The number of hydrogen-bond acceptors (Lipinski definition) is 5. The lowest BCUT2D eigenvalue weighted by Crippen LogP contribution is -2.17. The molecule has 0 spiro atoms. The van der Waals surface area contributed by atoms with E-state index in [9.17, 15) is 9.59 Å². The minimum atomic E-state index is -0.411. The standard InChI is InChI=1S/C14H14ClNO4S/c1-3-4-20-12-9(15)5-8(6-10(12)19-2)7-11-13(17)16-14(18)21-11/h5-7H,3-4H2,1-2H3,(H,16,17,18)/b11-7-. The van der Waals surface area contributed by atoms with Crippen molar-refractivity contribution < 1.29 is 19.1 Å². The van der Waals surface area contributed by atoms with Crippen LogP contribution in [0.1, 0.15) is 18.9 Å². The van der Waals surface area contributed by atoms with Crippen molar-refractivity contribution in [3.8, 4) is 11.5 Å². The van der Waals surface area contributed by atoms with Gasteiger partial charge < -0.3 is 9.47 Å². The molecule has 5 nitrogen and oxygen atoms in total. The van der Waals surface area contributed by atoms with E-state index in [1.54, 1.807) is 18.2 Å². The summed E-state index contributed by atoms with van der Waals surface area (Å²) in [5, 5.41) is 2.21. The molecule has 1 fully saturated rings. The summed E-state index contributed by atoms with van der Waals surface area (Å²) in [6, 6.07) is 3.37. The van der Waals surface area contributed by atoms with Crippen molar-refractivity contribution in [1.29, 1.82) is 0 Å². The SMILES string of the molecule is CCCOc1c(Cl)cc(/C=C2\SC(=O)NC2=O)cc1OC. The van der Waals surface area contributed by atoms with Crippen LogP contribution in [0.25, 0.3) is 6.08 Å². The number of ether oxygens (including phenoxy) is 2. The average molecular weight is 328 g/mol. The topological polar surface area (TPSA) is 64.6 Å². The highest BCUT2D eigenvalue weighted by Crippen LogP contribution is 2.38. The van der Waals surface area contributed by atoms with Gasteiger partial charge in [-0.15, -0.1) is 0 Å². The molecule has 0 aliphatic carbocycles. The van der Waals surface area contributed by atoms with Crippen LogP contribution in [0.2, 0.25) is 5.02 Å². The number of carbonyl (C=O) groups is 2. The molecule has 0 aromatic heterocycles. The summed E-state index contributed by atoms with van der Waals surface area (Å²) in [6.45, 7) is 2.52. The predicted octanol–water partition coefficient (Wildman–Crippen LogP) is 3.46. The van der Waals surface area contributed by atoms with Gasteiger partial charge in [0.15, 0.2) is 11.5 Å². The van der Waals surface area contributed by atoms with E-state index in [1.165, 1.54) is 7.11 Å². The van der Waals surface area contributed by atoms with Crippen LogP contribution >= 0.6 is 23.4 Å². The maximum Gasteiger partial charge on any atom is 0.290 e. The molecule has 21 heavy (non-hydrogen) atoms. The highest BCUT2D eigenvalue weighted by atomic mass is 35.5. The number of hydrogen-bond donors (Lipinski definition) is 1. The van der Waals surface area contributed by atoms with Gasteiger partial charge in [-0.1, -0.05) is 18.5 Å². The zero-order chi connectivity index (χ0) is 15.4. The van der Waals surface area contributed by atoms with E-state index in [2.05, 4.69) is 5.32 Å². The molecule has 1 aromatic rings. The zero-order valence-corrected chi connectivity index (χ0v) is 13.1.